The minimum Gasteiger partial charge on any atom is -0.493 e. The number of carbonyl (C=O) groups is 2. The lowest BCUT2D eigenvalue weighted by molar-refractivity contribution is -0.132. The molecule has 1 aliphatic rings. The lowest BCUT2D eigenvalue weighted by Gasteiger charge is -2.23. The summed E-state index contributed by atoms with van der Waals surface area (Å²) < 4.78 is 11.1. The molecule has 1 heterocycles. The van der Waals surface area contributed by atoms with E-state index < -0.39 is 23.6 Å². The van der Waals surface area contributed by atoms with Crippen LogP contribution in [0.2, 0.25) is 0 Å². The average molecular weight is 453 g/mol. The van der Waals surface area contributed by atoms with Gasteiger partial charge in [-0.3, -0.25) is 9.69 Å². The number of benzene rings is 2. The number of nitrogens with one attached hydrogen (secondary N) is 1. The zero-order chi connectivity index (χ0) is 24.0. The Morgan fingerprint density at radius 3 is 2.48 bits per heavy atom. The van der Waals surface area contributed by atoms with Crippen molar-refractivity contribution in [3.05, 3.63) is 71.8 Å². The van der Waals surface area contributed by atoms with Crippen LogP contribution < -0.4 is 14.8 Å². The number of imide groups is 1. The van der Waals surface area contributed by atoms with Gasteiger partial charge in [0.05, 0.1) is 13.7 Å². The van der Waals surface area contributed by atoms with Crippen molar-refractivity contribution in [3.8, 4) is 11.5 Å². The van der Waals surface area contributed by atoms with Gasteiger partial charge in [-0.05, 0) is 48.6 Å². The lowest BCUT2D eigenvalue weighted by Crippen LogP contribution is -2.42. The quantitative estimate of drug-likeness (QED) is 0.402. The summed E-state index contributed by atoms with van der Waals surface area (Å²) in [6, 6.07) is 12.6. The van der Waals surface area contributed by atoms with Gasteiger partial charge in [-0.2, -0.15) is 0 Å². The van der Waals surface area contributed by atoms with E-state index in [0.29, 0.717) is 23.5 Å². The highest BCUT2D eigenvalue weighted by Crippen LogP contribution is 2.30. The van der Waals surface area contributed by atoms with Crippen molar-refractivity contribution >= 4 is 11.9 Å². The molecule has 1 saturated heterocycles. The van der Waals surface area contributed by atoms with Crippen LogP contribution in [0.3, 0.4) is 0 Å². The van der Waals surface area contributed by atoms with Crippen LogP contribution in [0, 0.1) is 0 Å². The molecular formula is C26H32N2O5. The number of urea groups is 1. The van der Waals surface area contributed by atoms with Gasteiger partial charge in [-0.25, -0.2) is 4.79 Å². The predicted octanol–water partition coefficient (Wildman–Crippen LogP) is 3.58. The number of methoxy groups -OCH3 is 1. The van der Waals surface area contributed by atoms with Crippen LogP contribution in [0.5, 0.6) is 11.5 Å². The van der Waals surface area contributed by atoms with Crippen LogP contribution in [0.25, 0.3) is 0 Å². The second kappa shape index (κ2) is 10.5. The van der Waals surface area contributed by atoms with E-state index in [9.17, 15) is 14.7 Å². The SMILES string of the molecule is C=CCc1ccc(OC[C@H](O)CN2C(=O)N[C@](C)(c3ccc(CCC)cc3)C2=O)c(OC)c1. The van der Waals surface area contributed by atoms with Crippen LogP contribution >= 0.6 is 0 Å². The van der Waals surface area contributed by atoms with Crippen LogP contribution in [-0.2, 0) is 23.2 Å². The third-order valence-electron chi connectivity index (χ3n) is 5.78. The first-order chi connectivity index (χ1) is 15.8. The average Bonchev–Trinajstić information content (AvgIpc) is 3.02. The van der Waals surface area contributed by atoms with Gasteiger partial charge >= 0.3 is 6.03 Å². The second-order valence-corrected chi connectivity index (χ2v) is 8.36. The summed E-state index contributed by atoms with van der Waals surface area (Å²) in [5.41, 5.74) is 1.74. The van der Waals surface area contributed by atoms with Gasteiger partial charge in [-0.1, -0.05) is 49.8 Å². The Bertz CT molecular complexity index is 1000. The molecule has 176 valence electrons. The fourth-order valence-electron chi connectivity index (χ4n) is 3.93. The first-order valence-electron chi connectivity index (χ1n) is 11.1. The molecule has 0 aromatic heterocycles. The zero-order valence-corrected chi connectivity index (χ0v) is 19.5. The van der Waals surface area contributed by atoms with Crippen molar-refractivity contribution in [2.45, 2.75) is 44.8 Å². The number of allylic oxidation sites excluding steroid dienone is 1. The molecule has 0 aliphatic carbocycles. The molecule has 0 bridgehead atoms. The monoisotopic (exact) mass is 452 g/mol. The molecule has 2 aromatic rings. The number of β-amino-alcohol motifs (C(OH)–C–C–N with tert-alkyl or cyclic N) is 1. The molecule has 3 amide bonds. The molecule has 7 nitrogen and oxygen atoms in total. The van der Waals surface area contributed by atoms with Crippen LogP contribution in [0.1, 0.15) is 37.0 Å². The van der Waals surface area contributed by atoms with E-state index in [-0.39, 0.29) is 13.2 Å². The number of hydrogen-bond acceptors (Lipinski definition) is 5. The molecular weight excluding hydrogens is 420 g/mol. The summed E-state index contributed by atoms with van der Waals surface area (Å²) in [6.45, 7) is 7.24. The number of aryl methyl sites for hydroxylation is 1. The molecule has 1 aliphatic heterocycles. The van der Waals surface area contributed by atoms with Crippen LogP contribution in [-0.4, -0.2) is 48.3 Å². The normalized spacial score (nSPS) is 18.7. The summed E-state index contributed by atoms with van der Waals surface area (Å²) in [5, 5.41) is 13.3. The molecule has 0 spiro atoms. The highest BCUT2D eigenvalue weighted by molar-refractivity contribution is 6.07. The standard InChI is InChI=1S/C26H32N2O5/c1-5-7-18-9-12-20(13-10-18)26(3)24(30)28(25(31)27-26)16-21(29)17-33-22-14-11-19(8-6-2)15-23(22)32-4/h6,9-15,21,29H,2,5,7-8,16-17H2,1,3-4H3,(H,27,31)/t21-,26-/m1/s1. The number of aliphatic hydroxyl groups excluding tert-OH is 1. The number of aliphatic hydroxyl groups is 1. The maximum absolute atomic E-state index is 13.1. The largest absolute Gasteiger partial charge is 0.493 e. The van der Waals surface area contributed by atoms with Gasteiger partial charge in [0, 0.05) is 0 Å². The van der Waals surface area contributed by atoms with Gasteiger partial charge < -0.3 is 19.9 Å². The van der Waals surface area contributed by atoms with E-state index in [4.69, 9.17) is 9.47 Å². The minimum absolute atomic E-state index is 0.101. The number of rotatable bonds is 11. The summed E-state index contributed by atoms with van der Waals surface area (Å²) in [6.07, 6.45) is 3.42. The smallest absolute Gasteiger partial charge is 0.325 e. The van der Waals surface area contributed by atoms with Crippen LogP contribution in [0.4, 0.5) is 4.79 Å². The molecule has 2 N–H and O–H groups in total. The highest BCUT2D eigenvalue weighted by Gasteiger charge is 2.49. The Labute approximate surface area is 195 Å². The van der Waals surface area contributed by atoms with Gasteiger partial charge in [0.15, 0.2) is 11.5 Å². The van der Waals surface area contributed by atoms with E-state index in [1.165, 1.54) is 5.56 Å². The molecule has 2 aromatic carbocycles. The Kier molecular flexibility index (Phi) is 7.76. The molecule has 33 heavy (non-hydrogen) atoms. The number of amides is 3. The molecule has 2 atom stereocenters. The summed E-state index contributed by atoms with van der Waals surface area (Å²) in [5.74, 6) is 0.607. The number of ether oxygens (including phenoxy) is 2. The molecule has 0 radical (unpaired) electrons. The maximum atomic E-state index is 13.1. The van der Waals surface area contributed by atoms with Crippen molar-refractivity contribution in [2.75, 3.05) is 20.3 Å². The van der Waals surface area contributed by atoms with E-state index in [1.807, 2.05) is 36.4 Å². The Balaban J connectivity index is 1.64. The summed E-state index contributed by atoms with van der Waals surface area (Å²) in [7, 11) is 1.54. The third-order valence-corrected chi connectivity index (χ3v) is 5.78. The molecule has 1 fully saturated rings. The van der Waals surface area contributed by atoms with Crippen molar-refractivity contribution in [2.24, 2.45) is 0 Å². The first-order valence-corrected chi connectivity index (χ1v) is 11.1. The van der Waals surface area contributed by atoms with E-state index in [2.05, 4.69) is 18.8 Å². The Hall–Kier alpha value is -3.32. The molecule has 0 unspecified atom stereocenters. The van der Waals surface area contributed by atoms with E-state index >= 15 is 0 Å². The third kappa shape index (κ3) is 5.37. The van der Waals surface area contributed by atoms with Gasteiger partial charge in [0.25, 0.3) is 5.91 Å². The van der Waals surface area contributed by atoms with Gasteiger partial charge in [0.2, 0.25) is 0 Å². The van der Waals surface area contributed by atoms with Crippen molar-refractivity contribution in [1.82, 2.24) is 10.2 Å². The highest BCUT2D eigenvalue weighted by atomic mass is 16.5. The van der Waals surface area contributed by atoms with E-state index in [1.54, 1.807) is 26.2 Å². The molecule has 0 saturated carbocycles. The number of nitrogens with zero attached hydrogens (tertiary/aromatic N) is 1. The Morgan fingerprint density at radius 1 is 1.15 bits per heavy atom. The summed E-state index contributed by atoms with van der Waals surface area (Å²) >= 11 is 0. The molecule has 3 rings (SSSR count). The van der Waals surface area contributed by atoms with Crippen molar-refractivity contribution in [1.29, 1.82) is 0 Å². The van der Waals surface area contributed by atoms with Crippen molar-refractivity contribution in [3.63, 3.8) is 0 Å². The van der Waals surface area contributed by atoms with Gasteiger partial charge in [0.1, 0.15) is 18.2 Å². The maximum Gasteiger partial charge on any atom is 0.325 e. The van der Waals surface area contributed by atoms with E-state index in [0.717, 1.165) is 23.3 Å². The lowest BCUT2D eigenvalue weighted by atomic mass is 9.91. The second-order valence-electron chi connectivity index (χ2n) is 8.36. The zero-order valence-electron chi connectivity index (χ0n) is 19.5. The summed E-state index contributed by atoms with van der Waals surface area (Å²) in [4.78, 5) is 26.7. The van der Waals surface area contributed by atoms with Crippen LogP contribution in [0.15, 0.2) is 55.1 Å². The first kappa shape index (κ1) is 24.3. The number of carbonyl (C=O) groups excluding carboxylic acids is 2. The molecule has 7 heteroatoms. The Morgan fingerprint density at radius 2 is 1.85 bits per heavy atom. The van der Waals surface area contributed by atoms with Gasteiger partial charge in [-0.15, -0.1) is 6.58 Å². The van der Waals surface area contributed by atoms with Crippen molar-refractivity contribution < 1.29 is 24.2 Å². The fourth-order valence-corrected chi connectivity index (χ4v) is 3.93. The topological polar surface area (TPSA) is 88.1 Å². The predicted molar refractivity (Wildman–Crippen MR) is 126 cm³/mol. The fraction of sp³-hybridized carbons (Fsp3) is 0.385. The number of hydrogen-bond donors (Lipinski definition) is 2. The minimum atomic E-state index is -1.17.